The Morgan fingerprint density at radius 1 is 1.18 bits per heavy atom. The summed E-state index contributed by atoms with van der Waals surface area (Å²) in [6, 6.07) is 8.35. The summed E-state index contributed by atoms with van der Waals surface area (Å²) >= 11 is 0. The van der Waals surface area contributed by atoms with Crippen molar-refractivity contribution in [3.8, 4) is 5.75 Å². The van der Waals surface area contributed by atoms with Crippen LogP contribution >= 0.6 is 0 Å². The molecule has 2 N–H and O–H groups in total. The standard InChI is InChI=1S/C14H21NO2/c1-16-9-10-17-13-5-3-12(4-6-13)14(11-15)7-2-8-14/h3-6H,2,7-11,15H2,1H3. The number of ether oxygens (including phenoxy) is 2. The van der Waals surface area contributed by atoms with Gasteiger partial charge in [-0.05, 0) is 30.5 Å². The van der Waals surface area contributed by atoms with E-state index in [9.17, 15) is 0 Å². The summed E-state index contributed by atoms with van der Waals surface area (Å²) in [5, 5.41) is 0. The topological polar surface area (TPSA) is 44.5 Å². The van der Waals surface area contributed by atoms with E-state index in [0.717, 1.165) is 12.3 Å². The van der Waals surface area contributed by atoms with Crippen molar-refractivity contribution < 1.29 is 9.47 Å². The van der Waals surface area contributed by atoms with Crippen LogP contribution < -0.4 is 10.5 Å². The number of hydrogen-bond donors (Lipinski definition) is 1. The normalized spacial score (nSPS) is 17.5. The molecule has 2 rings (SSSR count). The van der Waals surface area contributed by atoms with E-state index in [2.05, 4.69) is 12.1 Å². The summed E-state index contributed by atoms with van der Waals surface area (Å²) < 4.78 is 10.5. The lowest BCUT2D eigenvalue weighted by molar-refractivity contribution is 0.146. The minimum absolute atomic E-state index is 0.241. The monoisotopic (exact) mass is 235 g/mol. The van der Waals surface area contributed by atoms with Crippen molar-refractivity contribution in [1.82, 2.24) is 0 Å². The molecule has 1 saturated carbocycles. The maximum Gasteiger partial charge on any atom is 0.119 e. The first-order valence-electron chi connectivity index (χ1n) is 6.23. The molecule has 1 fully saturated rings. The first-order valence-corrected chi connectivity index (χ1v) is 6.23. The van der Waals surface area contributed by atoms with Gasteiger partial charge in [0.1, 0.15) is 12.4 Å². The van der Waals surface area contributed by atoms with E-state index >= 15 is 0 Å². The predicted octanol–water partition coefficient (Wildman–Crippen LogP) is 2.09. The SMILES string of the molecule is COCCOc1ccc(C2(CN)CCC2)cc1. The van der Waals surface area contributed by atoms with E-state index in [1.807, 2.05) is 12.1 Å². The second-order valence-corrected chi connectivity index (χ2v) is 4.70. The molecule has 0 spiro atoms. The van der Waals surface area contributed by atoms with Crippen LogP contribution in [0.2, 0.25) is 0 Å². The van der Waals surface area contributed by atoms with Crippen LogP contribution in [0.25, 0.3) is 0 Å². The summed E-state index contributed by atoms with van der Waals surface area (Å²) in [6.45, 7) is 1.96. The summed E-state index contributed by atoms with van der Waals surface area (Å²) in [5.74, 6) is 0.900. The zero-order chi connectivity index (χ0) is 12.1. The fraction of sp³-hybridized carbons (Fsp3) is 0.571. The third-order valence-electron chi connectivity index (χ3n) is 3.72. The highest BCUT2D eigenvalue weighted by molar-refractivity contribution is 5.34. The van der Waals surface area contributed by atoms with E-state index in [1.54, 1.807) is 7.11 Å². The third-order valence-corrected chi connectivity index (χ3v) is 3.72. The molecule has 94 valence electrons. The van der Waals surface area contributed by atoms with E-state index in [-0.39, 0.29) is 5.41 Å². The zero-order valence-corrected chi connectivity index (χ0v) is 10.4. The van der Waals surface area contributed by atoms with Gasteiger partial charge in [-0.1, -0.05) is 18.6 Å². The predicted molar refractivity (Wildman–Crippen MR) is 68.4 cm³/mol. The molecule has 0 atom stereocenters. The fourth-order valence-corrected chi connectivity index (χ4v) is 2.36. The molecule has 1 aliphatic rings. The highest BCUT2D eigenvalue weighted by Gasteiger charge is 2.36. The van der Waals surface area contributed by atoms with Gasteiger partial charge in [0.2, 0.25) is 0 Å². The lowest BCUT2D eigenvalue weighted by atomic mass is 9.64. The van der Waals surface area contributed by atoms with Crippen LogP contribution in [-0.2, 0) is 10.2 Å². The van der Waals surface area contributed by atoms with Gasteiger partial charge in [0.05, 0.1) is 6.61 Å². The van der Waals surface area contributed by atoms with Crippen molar-refractivity contribution in [1.29, 1.82) is 0 Å². The van der Waals surface area contributed by atoms with Gasteiger partial charge in [0.25, 0.3) is 0 Å². The van der Waals surface area contributed by atoms with Gasteiger partial charge in [-0.2, -0.15) is 0 Å². The van der Waals surface area contributed by atoms with Crippen LogP contribution in [0.1, 0.15) is 24.8 Å². The molecule has 0 saturated heterocycles. The molecule has 0 heterocycles. The molecule has 1 aromatic carbocycles. The molecular weight excluding hydrogens is 214 g/mol. The van der Waals surface area contributed by atoms with Gasteiger partial charge in [0.15, 0.2) is 0 Å². The Morgan fingerprint density at radius 2 is 1.88 bits per heavy atom. The van der Waals surface area contributed by atoms with Crippen molar-refractivity contribution in [3.63, 3.8) is 0 Å². The van der Waals surface area contributed by atoms with E-state index in [1.165, 1.54) is 24.8 Å². The van der Waals surface area contributed by atoms with Crippen molar-refractivity contribution in [2.45, 2.75) is 24.7 Å². The molecule has 0 radical (unpaired) electrons. The molecule has 3 nitrogen and oxygen atoms in total. The summed E-state index contributed by atoms with van der Waals surface area (Å²) in [4.78, 5) is 0. The molecule has 1 aliphatic carbocycles. The van der Waals surface area contributed by atoms with Crippen LogP contribution in [-0.4, -0.2) is 26.9 Å². The molecule has 0 unspecified atom stereocenters. The maximum absolute atomic E-state index is 5.89. The molecule has 0 aromatic heterocycles. The lowest BCUT2D eigenvalue weighted by Crippen LogP contribution is -2.41. The summed E-state index contributed by atoms with van der Waals surface area (Å²) in [6.07, 6.45) is 3.73. The average Bonchev–Trinajstić information content (AvgIpc) is 2.31. The Morgan fingerprint density at radius 3 is 2.35 bits per heavy atom. The highest BCUT2D eigenvalue weighted by Crippen LogP contribution is 2.43. The van der Waals surface area contributed by atoms with Crippen molar-refractivity contribution >= 4 is 0 Å². The van der Waals surface area contributed by atoms with E-state index in [4.69, 9.17) is 15.2 Å². The van der Waals surface area contributed by atoms with Gasteiger partial charge in [0, 0.05) is 19.1 Å². The summed E-state index contributed by atoms with van der Waals surface area (Å²) in [7, 11) is 1.67. The second kappa shape index (κ2) is 5.52. The number of rotatable bonds is 6. The van der Waals surface area contributed by atoms with Crippen LogP contribution in [0.3, 0.4) is 0 Å². The summed E-state index contributed by atoms with van der Waals surface area (Å²) in [5.41, 5.74) is 7.48. The van der Waals surface area contributed by atoms with Crippen LogP contribution in [0.4, 0.5) is 0 Å². The van der Waals surface area contributed by atoms with E-state index < -0.39 is 0 Å². The quantitative estimate of drug-likeness (QED) is 0.768. The molecule has 1 aromatic rings. The van der Waals surface area contributed by atoms with Gasteiger partial charge >= 0.3 is 0 Å². The third kappa shape index (κ3) is 2.61. The second-order valence-electron chi connectivity index (χ2n) is 4.70. The van der Waals surface area contributed by atoms with Gasteiger partial charge in [-0.3, -0.25) is 0 Å². The van der Waals surface area contributed by atoms with Gasteiger partial charge in [-0.15, -0.1) is 0 Å². The van der Waals surface area contributed by atoms with Crippen LogP contribution in [0.15, 0.2) is 24.3 Å². The Bertz CT molecular complexity index is 338. The Balaban J connectivity index is 1.97. The van der Waals surface area contributed by atoms with Crippen molar-refractivity contribution in [2.75, 3.05) is 26.9 Å². The zero-order valence-electron chi connectivity index (χ0n) is 10.4. The Hall–Kier alpha value is -1.06. The Kier molecular flexibility index (Phi) is 4.02. The smallest absolute Gasteiger partial charge is 0.119 e. The van der Waals surface area contributed by atoms with Crippen molar-refractivity contribution in [3.05, 3.63) is 29.8 Å². The lowest BCUT2D eigenvalue weighted by Gasteiger charge is -2.41. The highest BCUT2D eigenvalue weighted by atomic mass is 16.5. The Labute approximate surface area is 103 Å². The molecule has 0 amide bonds. The van der Waals surface area contributed by atoms with Crippen LogP contribution in [0, 0.1) is 0 Å². The molecule has 17 heavy (non-hydrogen) atoms. The molecule has 0 bridgehead atoms. The molecule has 3 heteroatoms. The minimum atomic E-state index is 0.241. The number of hydrogen-bond acceptors (Lipinski definition) is 3. The average molecular weight is 235 g/mol. The molecule has 0 aliphatic heterocycles. The van der Waals surface area contributed by atoms with Gasteiger partial charge < -0.3 is 15.2 Å². The van der Waals surface area contributed by atoms with E-state index in [0.29, 0.717) is 13.2 Å². The first-order chi connectivity index (χ1) is 8.30. The van der Waals surface area contributed by atoms with Gasteiger partial charge in [-0.25, -0.2) is 0 Å². The first kappa shape index (κ1) is 12.4. The minimum Gasteiger partial charge on any atom is -0.491 e. The maximum atomic E-state index is 5.89. The fourth-order valence-electron chi connectivity index (χ4n) is 2.36. The number of benzene rings is 1. The van der Waals surface area contributed by atoms with Crippen molar-refractivity contribution in [2.24, 2.45) is 5.73 Å². The molecular formula is C14H21NO2. The number of methoxy groups -OCH3 is 1. The largest absolute Gasteiger partial charge is 0.491 e. The van der Waals surface area contributed by atoms with Crippen LogP contribution in [0.5, 0.6) is 5.75 Å². The number of nitrogens with two attached hydrogens (primary N) is 1.